The highest BCUT2D eigenvalue weighted by Gasteiger charge is 2.25. The number of benzene rings is 1. The van der Waals surface area contributed by atoms with Crippen LogP contribution in [-0.4, -0.2) is 18.0 Å². The van der Waals surface area contributed by atoms with Crippen LogP contribution in [0.2, 0.25) is 0 Å². The van der Waals surface area contributed by atoms with Crippen molar-refractivity contribution in [1.29, 1.82) is 0 Å². The first-order valence-corrected chi connectivity index (χ1v) is 9.10. The van der Waals surface area contributed by atoms with Gasteiger partial charge in [-0.05, 0) is 31.0 Å². The molecule has 4 rings (SSSR count). The Hall–Kier alpha value is -2.60. The summed E-state index contributed by atoms with van der Waals surface area (Å²) in [4.78, 5) is 17.1. The van der Waals surface area contributed by atoms with Gasteiger partial charge in [0.1, 0.15) is 22.2 Å². The van der Waals surface area contributed by atoms with Gasteiger partial charge in [0, 0.05) is 17.4 Å². The molecule has 1 aromatic carbocycles. The Morgan fingerprint density at radius 2 is 2.24 bits per heavy atom. The summed E-state index contributed by atoms with van der Waals surface area (Å²) in [5.74, 6) is 1.57. The molecule has 5 nitrogen and oxygen atoms in total. The maximum absolute atomic E-state index is 12.6. The zero-order chi connectivity index (χ0) is 17.2. The zero-order valence-corrected chi connectivity index (χ0v) is 14.6. The average Bonchev–Trinajstić information content (AvgIpc) is 3.31. The molecule has 0 saturated carbocycles. The van der Waals surface area contributed by atoms with Crippen LogP contribution in [0.5, 0.6) is 5.75 Å². The second-order valence-electron chi connectivity index (χ2n) is 5.96. The van der Waals surface area contributed by atoms with Crippen molar-refractivity contribution < 1.29 is 13.9 Å². The highest BCUT2D eigenvalue weighted by molar-refractivity contribution is 7.13. The van der Waals surface area contributed by atoms with Crippen molar-refractivity contribution >= 4 is 17.2 Å². The molecule has 0 radical (unpaired) electrons. The van der Waals surface area contributed by atoms with Crippen LogP contribution in [0.3, 0.4) is 0 Å². The van der Waals surface area contributed by atoms with Crippen LogP contribution in [0.25, 0.3) is 10.6 Å². The Labute approximate surface area is 149 Å². The van der Waals surface area contributed by atoms with Gasteiger partial charge >= 0.3 is 0 Å². The quantitative estimate of drug-likeness (QED) is 0.762. The van der Waals surface area contributed by atoms with Crippen molar-refractivity contribution in [2.45, 2.75) is 25.3 Å². The van der Waals surface area contributed by atoms with Crippen molar-refractivity contribution in [2.24, 2.45) is 0 Å². The fourth-order valence-corrected chi connectivity index (χ4v) is 4.02. The molecule has 0 saturated heterocycles. The Morgan fingerprint density at radius 3 is 3.12 bits per heavy atom. The van der Waals surface area contributed by atoms with Crippen molar-refractivity contribution in [3.8, 4) is 16.3 Å². The number of hydrogen-bond acceptors (Lipinski definition) is 5. The lowest BCUT2D eigenvalue weighted by atomic mass is 9.93. The number of hydrogen-bond donors (Lipinski definition) is 1. The molecule has 1 aliphatic carbocycles. The fraction of sp³-hybridized carbons (Fsp3) is 0.263. The fourth-order valence-electron chi connectivity index (χ4n) is 3.19. The number of amides is 1. The Kier molecular flexibility index (Phi) is 4.28. The molecule has 0 spiro atoms. The molecule has 128 valence electrons. The number of rotatable bonds is 4. The largest absolute Gasteiger partial charge is 0.496 e. The molecule has 0 aliphatic heterocycles. The molecule has 1 unspecified atom stereocenters. The standard InChI is InChI=1S/C19H18N2O3S/c1-23-16-7-3-2-5-13(16)19-21-15(11-25-19)18(22)20-14-6-4-8-17-12(14)9-10-24-17/h2-3,5,7,9-11,14H,4,6,8H2,1H3,(H,20,22). The summed E-state index contributed by atoms with van der Waals surface area (Å²) in [6, 6.07) is 9.61. The lowest BCUT2D eigenvalue weighted by Crippen LogP contribution is -2.30. The summed E-state index contributed by atoms with van der Waals surface area (Å²) in [5, 5.41) is 5.65. The summed E-state index contributed by atoms with van der Waals surface area (Å²) in [6.45, 7) is 0. The molecule has 0 fully saturated rings. The smallest absolute Gasteiger partial charge is 0.271 e. The van der Waals surface area contributed by atoms with Gasteiger partial charge in [-0.1, -0.05) is 12.1 Å². The number of para-hydroxylation sites is 1. The van der Waals surface area contributed by atoms with Gasteiger partial charge in [-0.25, -0.2) is 4.98 Å². The number of ether oxygens (including phenoxy) is 1. The summed E-state index contributed by atoms with van der Waals surface area (Å²) >= 11 is 1.44. The van der Waals surface area contributed by atoms with E-state index in [1.807, 2.05) is 30.3 Å². The molecule has 2 heterocycles. The third-order valence-corrected chi connectivity index (χ3v) is 5.31. The van der Waals surface area contributed by atoms with Gasteiger partial charge in [0.15, 0.2) is 0 Å². The molecule has 25 heavy (non-hydrogen) atoms. The number of furan rings is 1. The predicted molar refractivity (Wildman–Crippen MR) is 96.0 cm³/mol. The Bertz CT molecular complexity index is 899. The second kappa shape index (κ2) is 6.72. The maximum Gasteiger partial charge on any atom is 0.271 e. The number of carbonyl (C=O) groups excluding carboxylic acids is 1. The summed E-state index contributed by atoms with van der Waals surface area (Å²) in [7, 11) is 1.63. The van der Waals surface area contributed by atoms with E-state index in [9.17, 15) is 4.79 Å². The molecule has 1 amide bonds. The molecule has 0 bridgehead atoms. The molecular weight excluding hydrogens is 336 g/mol. The van der Waals surface area contributed by atoms with E-state index >= 15 is 0 Å². The van der Waals surface area contributed by atoms with E-state index in [1.54, 1.807) is 18.8 Å². The Morgan fingerprint density at radius 1 is 1.36 bits per heavy atom. The van der Waals surface area contributed by atoms with E-state index in [0.29, 0.717) is 5.69 Å². The normalized spacial score (nSPS) is 16.3. The lowest BCUT2D eigenvalue weighted by molar-refractivity contribution is 0.0928. The highest BCUT2D eigenvalue weighted by Crippen LogP contribution is 2.33. The number of methoxy groups -OCH3 is 1. The van der Waals surface area contributed by atoms with Gasteiger partial charge in [-0.3, -0.25) is 4.79 Å². The zero-order valence-electron chi connectivity index (χ0n) is 13.8. The number of nitrogens with one attached hydrogen (secondary N) is 1. The van der Waals surface area contributed by atoms with E-state index in [-0.39, 0.29) is 11.9 Å². The molecule has 2 aromatic heterocycles. The first-order valence-electron chi connectivity index (χ1n) is 8.22. The van der Waals surface area contributed by atoms with Crippen molar-refractivity contribution in [1.82, 2.24) is 10.3 Å². The van der Waals surface area contributed by atoms with Gasteiger partial charge < -0.3 is 14.5 Å². The van der Waals surface area contributed by atoms with Gasteiger partial charge in [-0.2, -0.15) is 0 Å². The number of aryl methyl sites for hydroxylation is 1. The third-order valence-electron chi connectivity index (χ3n) is 4.43. The molecule has 1 N–H and O–H groups in total. The van der Waals surface area contributed by atoms with Gasteiger partial charge in [0.05, 0.1) is 25.0 Å². The third kappa shape index (κ3) is 3.05. The number of aromatic nitrogens is 1. The van der Waals surface area contributed by atoms with Gasteiger partial charge in [0.2, 0.25) is 0 Å². The van der Waals surface area contributed by atoms with Gasteiger partial charge in [0.25, 0.3) is 5.91 Å². The minimum absolute atomic E-state index is 0.00795. The van der Waals surface area contributed by atoms with Crippen LogP contribution in [0.4, 0.5) is 0 Å². The maximum atomic E-state index is 12.6. The summed E-state index contributed by atoms with van der Waals surface area (Å²) in [6.07, 6.45) is 4.55. The topological polar surface area (TPSA) is 64.4 Å². The molecule has 1 aliphatic rings. The number of fused-ring (bicyclic) bond motifs is 1. The van der Waals surface area contributed by atoms with E-state index in [4.69, 9.17) is 9.15 Å². The molecule has 6 heteroatoms. The van der Waals surface area contributed by atoms with Gasteiger partial charge in [-0.15, -0.1) is 11.3 Å². The second-order valence-corrected chi connectivity index (χ2v) is 6.81. The predicted octanol–water partition coefficient (Wildman–Crippen LogP) is 4.22. The van der Waals surface area contributed by atoms with E-state index < -0.39 is 0 Å². The lowest BCUT2D eigenvalue weighted by Gasteiger charge is -2.22. The van der Waals surface area contributed by atoms with Crippen LogP contribution in [-0.2, 0) is 6.42 Å². The van der Waals surface area contributed by atoms with Crippen LogP contribution in [0.15, 0.2) is 46.4 Å². The minimum atomic E-state index is -0.156. The first-order chi connectivity index (χ1) is 12.3. The van der Waals surface area contributed by atoms with Crippen LogP contribution >= 0.6 is 11.3 Å². The summed E-state index contributed by atoms with van der Waals surface area (Å²) < 4.78 is 10.9. The molecule has 3 aromatic rings. The Balaban J connectivity index is 1.54. The SMILES string of the molecule is COc1ccccc1-c1nc(C(=O)NC2CCCc3occc32)cs1. The summed E-state index contributed by atoms with van der Waals surface area (Å²) in [5.41, 5.74) is 2.41. The average molecular weight is 354 g/mol. The molecular formula is C19H18N2O3S. The van der Waals surface area contributed by atoms with Crippen LogP contribution in [0, 0.1) is 0 Å². The van der Waals surface area contributed by atoms with Crippen molar-refractivity contribution in [3.05, 3.63) is 59.0 Å². The number of thiazole rings is 1. The van der Waals surface area contributed by atoms with E-state index in [0.717, 1.165) is 46.9 Å². The van der Waals surface area contributed by atoms with Crippen molar-refractivity contribution in [2.75, 3.05) is 7.11 Å². The first kappa shape index (κ1) is 15.9. The molecule has 1 atom stereocenters. The monoisotopic (exact) mass is 354 g/mol. The van der Waals surface area contributed by atoms with Crippen LogP contribution < -0.4 is 10.1 Å². The minimum Gasteiger partial charge on any atom is -0.496 e. The number of nitrogens with zero attached hydrogens (tertiary/aromatic N) is 1. The van der Waals surface area contributed by atoms with Crippen molar-refractivity contribution in [3.63, 3.8) is 0 Å². The number of carbonyl (C=O) groups is 1. The van der Waals surface area contributed by atoms with Crippen LogP contribution in [0.1, 0.15) is 40.7 Å². The highest BCUT2D eigenvalue weighted by atomic mass is 32.1. The van der Waals surface area contributed by atoms with E-state index in [1.165, 1.54) is 11.3 Å². The van der Waals surface area contributed by atoms with E-state index in [2.05, 4.69) is 10.3 Å².